The second-order valence-corrected chi connectivity index (χ2v) is 3.36. The number of carbonyl (C=O) groups is 1. The number of hydrogen-bond acceptors (Lipinski definition) is 3. The molecule has 1 unspecified atom stereocenters. The van der Waals surface area contributed by atoms with Gasteiger partial charge in [0.15, 0.2) is 0 Å². The first-order chi connectivity index (χ1) is 6.42. The van der Waals surface area contributed by atoms with Crippen LogP contribution >= 0.6 is 0 Å². The Balaban J connectivity index is 2.38. The predicted molar refractivity (Wildman–Crippen MR) is 42.6 cm³/mol. The highest BCUT2D eigenvalue weighted by molar-refractivity contribution is 5.72. The third kappa shape index (κ3) is 3.17. The molecule has 3 nitrogen and oxygen atoms in total. The van der Waals surface area contributed by atoms with Gasteiger partial charge in [0, 0.05) is 6.54 Å². The SMILES string of the molecule is COC(=O)C1CCN(CC(F)(F)F)C1. The van der Waals surface area contributed by atoms with Gasteiger partial charge in [0.25, 0.3) is 0 Å². The number of carbonyl (C=O) groups excluding carboxylic acids is 1. The Morgan fingerprint density at radius 2 is 2.21 bits per heavy atom. The molecule has 1 fully saturated rings. The van der Waals surface area contributed by atoms with Crippen molar-refractivity contribution in [2.24, 2.45) is 5.92 Å². The minimum Gasteiger partial charge on any atom is -0.469 e. The Hall–Kier alpha value is -0.780. The van der Waals surface area contributed by atoms with Gasteiger partial charge >= 0.3 is 12.1 Å². The maximum absolute atomic E-state index is 12.0. The molecule has 0 aromatic heterocycles. The molecule has 0 bridgehead atoms. The first-order valence-electron chi connectivity index (χ1n) is 4.29. The van der Waals surface area contributed by atoms with Crippen LogP contribution in [0, 0.1) is 5.92 Å². The number of hydrogen-bond donors (Lipinski definition) is 0. The lowest BCUT2D eigenvalue weighted by molar-refractivity contribution is -0.149. The lowest BCUT2D eigenvalue weighted by Gasteiger charge is -2.17. The van der Waals surface area contributed by atoms with Gasteiger partial charge in [-0.3, -0.25) is 9.69 Å². The van der Waals surface area contributed by atoms with Gasteiger partial charge in [-0.25, -0.2) is 0 Å². The van der Waals surface area contributed by atoms with E-state index in [0.29, 0.717) is 13.0 Å². The Labute approximate surface area is 79.8 Å². The van der Waals surface area contributed by atoms with Gasteiger partial charge in [-0.2, -0.15) is 13.2 Å². The molecule has 0 spiro atoms. The normalized spacial score (nSPS) is 23.9. The van der Waals surface area contributed by atoms with Crippen molar-refractivity contribution in [1.82, 2.24) is 4.90 Å². The van der Waals surface area contributed by atoms with Crippen molar-refractivity contribution in [3.63, 3.8) is 0 Å². The van der Waals surface area contributed by atoms with E-state index >= 15 is 0 Å². The Kier molecular flexibility index (Phi) is 3.36. The van der Waals surface area contributed by atoms with Gasteiger partial charge in [-0.1, -0.05) is 0 Å². The van der Waals surface area contributed by atoms with Gasteiger partial charge in [-0.05, 0) is 13.0 Å². The third-order valence-electron chi connectivity index (χ3n) is 2.21. The van der Waals surface area contributed by atoms with Crippen LogP contribution in [0.5, 0.6) is 0 Å². The molecule has 0 aromatic carbocycles. The minimum atomic E-state index is -4.19. The number of alkyl halides is 3. The monoisotopic (exact) mass is 211 g/mol. The minimum absolute atomic E-state index is 0.145. The number of esters is 1. The number of rotatable bonds is 2. The van der Waals surface area contributed by atoms with Gasteiger partial charge in [-0.15, -0.1) is 0 Å². The van der Waals surface area contributed by atoms with E-state index in [4.69, 9.17) is 0 Å². The van der Waals surface area contributed by atoms with Crippen molar-refractivity contribution in [3.05, 3.63) is 0 Å². The third-order valence-corrected chi connectivity index (χ3v) is 2.21. The van der Waals surface area contributed by atoms with Crippen LogP contribution in [-0.2, 0) is 9.53 Å². The summed E-state index contributed by atoms with van der Waals surface area (Å²) in [5, 5.41) is 0. The Morgan fingerprint density at radius 1 is 1.57 bits per heavy atom. The zero-order chi connectivity index (χ0) is 10.8. The van der Waals surface area contributed by atoms with Crippen molar-refractivity contribution in [1.29, 1.82) is 0 Å². The summed E-state index contributed by atoms with van der Waals surface area (Å²) in [6, 6.07) is 0. The molecule has 0 saturated carbocycles. The molecule has 1 aliphatic rings. The van der Waals surface area contributed by atoms with Gasteiger partial charge < -0.3 is 4.74 Å². The lowest BCUT2D eigenvalue weighted by atomic mass is 10.1. The van der Waals surface area contributed by atoms with Crippen molar-refractivity contribution in [3.8, 4) is 0 Å². The molecule has 0 radical (unpaired) electrons. The van der Waals surface area contributed by atoms with Crippen molar-refractivity contribution in [2.45, 2.75) is 12.6 Å². The van der Waals surface area contributed by atoms with Gasteiger partial charge in [0.1, 0.15) is 0 Å². The van der Waals surface area contributed by atoms with Crippen LogP contribution in [0.4, 0.5) is 13.2 Å². The van der Waals surface area contributed by atoms with E-state index in [1.807, 2.05) is 0 Å². The molecule has 0 amide bonds. The van der Waals surface area contributed by atoms with E-state index < -0.39 is 24.6 Å². The Morgan fingerprint density at radius 3 is 2.71 bits per heavy atom. The Bertz CT molecular complexity index is 217. The summed E-state index contributed by atoms with van der Waals surface area (Å²) in [4.78, 5) is 12.2. The summed E-state index contributed by atoms with van der Waals surface area (Å²) in [6.07, 6.45) is -3.74. The number of halogens is 3. The summed E-state index contributed by atoms with van der Waals surface area (Å²) in [5.41, 5.74) is 0. The molecule has 0 N–H and O–H groups in total. The van der Waals surface area contributed by atoms with E-state index in [2.05, 4.69) is 4.74 Å². The molecule has 0 aromatic rings. The molecule has 1 rings (SSSR count). The number of nitrogens with zero attached hydrogens (tertiary/aromatic N) is 1. The molecule has 1 saturated heterocycles. The van der Waals surface area contributed by atoms with E-state index in [0.717, 1.165) is 0 Å². The van der Waals surface area contributed by atoms with Crippen LogP contribution in [0.2, 0.25) is 0 Å². The van der Waals surface area contributed by atoms with E-state index in [-0.39, 0.29) is 6.54 Å². The summed E-state index contributed by atoms with van der Waals surface area (Å²) in [7, 11) is 1.24. The van der Waals surface area contributed by atoms with E-state index in [1.165, 1.54) is 12.0 Å². The smallest absolute Gasteiger partial charge is 0.401 e. The molecule has 1 atom stereocenters. The molecule has 6 heteroatoms. The highest BCUT2D eigenvalue weighted by Crippen LogP contribution is 2.23. The molecular weight excluding hydrogens is 199 g/mol. The second kappa shape index (κ2) is 4.16. The van der Waals surface area contributed by atoms with Crippen LogP contribution in [0.3, 0.4) is 0 Å². The summed E-state index contributed by atoms with van der Waals surface area (Å²) >= 11 is 0. The summed E-state index contributed by atoms with van der Waals surface area (Å²) < 4.78 is 40.3. The maximum Gasteiger partial charge on any atom is 0.401 e. The van der Waals surface area contributed by atoms with Gasteiger partial charge in [0.05, 0.1) is 19.6 Å². The zero-order valence-corrected chi connectivity index (χ0v) is 7.80. The van der Waals surface area contributed by atoms with Crippen LogP contribution in [0.25, 0.3) is 0 Å². The summed E-state index contributed by atoms with van der Waals surface area (Å²) in [5.74, 6) is -0.822. The molecule has 82 valence electrons. The second-order valence-electron chi connectivity index (χ2n) is 3.36. The first-order valence-corrected chi connectivity index (χ1v) is 4.29. The van der Waals surface area contributed by atoms with Crippen LogP contribution in [0.15, 0.2) is 0 Å². The van der Waals surface area contributed by atoms with E-state index in [1.54, 1.807) is 0 Å². The number of likely N-dealkylation sites (tertiary alicyclic amines) is 1. The quantitative estimate of drug-likeness (QED) is 0.639. The number of methoxy groups -OCH3 is 1. The lowest BCUT2D eigenvalue weighted by Crippen LogP contribution is -2.33. The first kappa shape index (κ1) is 11.3. The fourth-order valence-corrected chi connectivity index (χ4v) is 1.59. The largest absolute Gasteiger partial charge is 0.469 e. The maximum atomic E-state index is 12.0. The average Bonchev–Trinajstić information content (AvgIpc) is 2.48. The molecule has 1 heterocycles. The predicted octanol–water partition coefficient (Wildman–Crippen LogP) is 1.04. The van der Waals surface area contributed by atoms with Crippen molar-refractivity contribution < 1.29 is 22.7 Å². The van der Waals surface area contributed by atoms with Crippen LogP contribution in [-0.4, -0.2) is 43.8 Å². The van der Waals surface area contributed by atoms with E-state index in [9.17, 15) is 18.0 Å². The topological polar surface area (TPSA) is 29.5 Å². The fraction of sp³-hybridized carbons (Fsp3) is 0.875. The number of ether oxygens (including phenoxy) is 1. The molecule has 1 aliphatic heterocycles. The molecule has 14 heavy (non-hydrogen) atoms. The summed E-state index contributed by atoms with van der Waals surface area (Å²) in [6.45, 7) is -0.494. The van der Waals surface area contributed by atoms with Crippen molar-refractivity contribution in [2.75, 3.05) is 26.7 Å². The van der Waals surface area contributed by atoms with Gasteiger partial charge in [0.2, 0.25) is 0 Å². The molecular formula is C8H12F3NO2. The fourth-order valence-electron chi connectivity index (χ4n) is 1.59. The van der Waals surface area contributed by atoms with Crippen LogP contribution < -0.4 is 0 Å². The molecule has 0 aliphatic carbocycles. The highest BCUT2D eigenvalue weighted by Gasteiger charge is 2.36. The highest BCUT2D eigenvalue weighted by atomic mass is 19.4. The standard InChI is InChI=1S/C8H12F3NO2/c1-14-7(13)6-2-3-12(4-6)5-8(9,10)11/h6H,2-5H2,1H3. The zero-order valence-electron chi connectivity index (χ0n) is 7.80. The van der Waals surface area contributed by atoms with Crippen molar-refractivity contribution >= 4 is 5.97 Å². The van der Waals surface area contributed by atoms with Crippen LogP contribution in [0.1, 0.15) is 6.42 Å². The average molecular weight is 211 g/mol.